The fourth-order valence-corrected chi connectivity index (χ4v) is 11.7. The van der Waals surface area contributed by atoms with E-state index in [0.29, 0.717) is 32.1 Å². The second-order valence-electron chi connectivity index (χ2n) is 29.9. The van der Waals surface area contributed by atoms with Crippen molar-refractivity contribution in [3.8, 4) is 0 Å². The standard InChI is InChI=1S/C16H28N2O10S.3C13H24N2O8.C13H22N2O7S.C10H18N2O5/c1-3-7(14(24)18-8(6-29-2)15(25)26)4-10(20)17-5-9(19)11(21)12(22)13(23)16(27)28;3*1-3-6(12(21)14-2)4-8(17)15-5-7(16)9(18)10(19)11(20)13(22)23;1-3-7(4-10(17)14-5-9(16)13(21)22)11(18)15-8(6-23-2)12(19)20;1-3-6(9(15)11-2)4-8(14)12-5-7(13)10(16)17/h7-9,11-13,19,21-23H,3-6H2,1-2H3,(H,17,20)(H,18,24)(H,25,26)(H,27,28);3*6-7,9-11,16,18-20H,3-5H2,1-2H3,(H,14,21)(H,15,17)(H,22,23);7-9,16H,3-6H2,1-2H3,(H,14,17)(H,15,18)(H,19,20)(H,21,22);6-7,13H,3-5H2,1-2H3,(H,11,15)(H,12,14)(H,16,17)/t7?,8-,9?,11?,12?,13?;6-,7+,9-,10+,11+;6-,7-,9+,10-,11-;;;/m010.../s1. The molecule has 0 aromatic heterocycles. The highest BCUT2D eigenvalue weighted by Crippen LogP contribution is 2.17. The summed E-state index contributed by atoms with van der Waals surface area (Å²) in [4.78, 5) is 225. The summed E-state index contributed by atoms with van der Waals surface area (Å²) in [5.41, 5.74) is 0. The van der Waals surface area contributed by atoms with E-state index in [1.165, 1.54) is 51.7 Å². The van der Waals surface area contributed by atoms with Gasteiger partial charge in [0.25, 0.3) is 0 Å². The second-order valence-corrected chi connectivity index (χ2v) is 31.7. The maximum absolute atomic E-state index is 12.2. The molecule has 0 spiro atoms. The molecular formula is C78H140N12O46S2. The molecule has 38 N–H and O–H groups in total. The molecule has 0 saturated heterocycles. The fourth-order valence-electron chi connectivity index (χ4n) is 10.6. The molecule has 0 aromatic carbocycles. The summed E-state index contributed by atoms with van der Waals surface area (Å²) in [6, 6.07) is -2.14. The average Bonchev–Trinajstić information content (AvgIpc) is 0.901. The van der Waals surface area contributed by atoms with Crippen molar-refractivity contribution in [3.63, 3.8) is 0 Å². The number of carboxylic acid groups (broad SMARTS) is 8. The lowest BCUT2D eigenvalue weighted by Gasteiger charge is -2.25. The lowest BCUT2D eigenvalue weighted by molar-refractivity contribution is -0.163. The first-order chi connectivity index (χ1) is 64.0. The molecule has 800 valence electrons. The molecule has 60 heteroatoms. The van der Waals surface area contributed by atoms with E-state index in [-0.39, 0.29) is 86.6 Å². The average molecular weight is 2050 g/mol. The van der Waals surface area contributed by atoms with Crippen molar-refractivity contribution in [1.82, 2.24) is 63.8 Å². The highest BCUT2D eigenvalue weighted by molar-refractivity contribution is 7.98. The van der Waals surface area contributed by atoms with Gasteiger partial charge in [0.1, 0.15) is 60.9 Å². The Kier molecular flexibility index (Phi) is 76.3. The van der Waals surface area contributed by atoms with Gasteiger partial charge in [-0.05, 0) is 51.0 Å². The quantitative estimate of drug-likeness (QED) is 0.0269. The normalized spacial score (nSPS) is 16.4. The van der Waals surface area contributed by atoms with Crippen LogP contribution in [0.2, 0.25) is 0 Å². The Bertz CT molecular complexity index is 3580. The van der Waals surface area contributed by atoms with E-state index in [4.69, 9.17) is 71.5 Å². The van der Waals surface area contributed by atoms with Crippen molar-refractivity contribution >= 4 is 142 Å². The molecule has 0 aliphatic carbocycles. The van der Waals surface area contributed by atoms with Gasteiger partial charge in [-0.15, -0.1) is 0 Å². The van der Waals surface area contributed by atoms with Crippen LogP contribution < -0.4 is 63.8 Å². The molecule has 0 aliphatic heterocycles. The summed E-state index contributed by atoms with van der Waals surface area (Å²) >= 11 is 2.50. The van der Waals surface area contributed by atoms with Crippen molar-refractivity contribution in [2.24, 2.45) is 35.5 Å². The van der Waals surface area contributed by atoms with Gasteiger partial charge in [0.05, 0.1) is 37.5 Å². The molecule has 138 heavy (non-hydrogen) atoms. The van der Waals surface area contributed by atoms with Gasteiger partial charge in [0, 0.05) is 140 Å². The van der Waals surface area contributed by atoms with Crippen LogP contribution in [0.25, 0.3) is 0 Å². The summed E-state index contributed by atoms with van der Waals surface area (Å²) in [6.07, 6.45) is -31.0. The number of carboxylic acids is 8. The van der Waals surface area contributed by atoms with E-state index in [9.17, 15) is 157 Å². The molecule has 58 nitrogen and oxygen atoms in total. The monoisotopic (exact) mass is 2040 g/mol. The van der Waals surface area contributed by atoms with Crippen LogP contribution in [0.1, 0.15) is 119 Å². The smallest absolute Gasteiger partial charge is 0.335 e. The molecule has 15 unspecified atom stereocenters. The van der Waals surface area contributed by atoms with Gasteiger partial charge >= 0.3 is 47.8 Å². The summed E-state index contributed by atoms with van der Waals surface area (Å²) in [6.45, 7) is 7.44. The third-order valence-corrected chi connectivity index (χ3v) is 20.9. The number of aliphatic carboxylic acids is 8. The topological polar surface area (TPSA) is 1010 Å². The highest BCUT2D eigenvalue weighted by Gasteiger charge is 2.40. The first-order valence-electron chi connectivity index (χ1n) is 42.2. The van der Waals surface area contributed by atoms with Gasteiger partial charge in [0.2, 0.25) is 70.9 Å². The van der Waals surface area contributed by atoms with Crippen LogP contribution in [0, 0.1) is 35.5 Å². The minimum atomic E-state index is -2.33. The SMILES string of the molecule is CCC(CC(=O)NCC(O)C(=O)O)C(=O)NC.CCC(CC(=O)NCC(O)C(=O)O)C(=O)NC(CSC)C(=O)O.CCC(CC(=O)NCC(O)C(O)C(O)C(O)C(=O)O)C(=O)NC.CCC(CC(=O)NCC(O)C(O)C(O)C(O)C(=O)O)C(=O)N[C@@H](CSC)C(=O)O.CC[C@@H](CC(=O)NC[C@H](O)[C@@H](O)[C@H](O)[C@H](O)C(=O)O)C(=O)NC.CC[C@H](CC(=O)NC[C@H](O)[C@@H](O)[C@H](O)[C@H](O)C(=O)O)C(=O)NC. The number of carbonyl (C=O) groups excluding carboxylic acids is 12. The third kappa shape index (κ3) is 59.0. The Morgan fingerprint density at radius 3 is 0.514 bits per heavy atom. The molecule has 12 amide bonds. The number of aliphatic hydroxyl groups is 18. The zero-order chi connectivity index (χ0) is 109. The Labute approximate surface area is 799 Å². The largest absolute Gasteiger partial charge is 0.480 e. The third-order valence-electron chi connectivity index (χ3n) is 19.5. The minimum absolute atomic E-state index is 0.0253. The lowest BCUT2D eigenvalue weighted by Crippen LogP contribution is -2.51. The van der Waals surface area contributed by atoms with Crippen LogP contribution in [0.3, 0.4) is 0 Å². The molecule has 0 rings (SSSR count). The second kappa shape index (κ2) is 76.3. The van der Waals surface area contributed by atoms with E-state index in [1.54, 1.807) is 54.1 Å². The van der Waals surface area contributed by atoms with Crippen LogP contribution in [-0.2, 0) is 95.9 Å². The van der Waals surface area contributed by atoms with Crippen molar-refractivity contribution in [3.05, 3.63) is 0 Å². The number of aliphatic hydroxyl groups excluding tert-OH is 18. The molecule has 0 heterocycles. The molecule has 0 fully saturated rings. The Morgan fingerprint density at radius 2 is 0.384 bits per heavy atom. The summed E-state index contributed by atoms with van der Waals surface area (Å²) < 4.78 is 0. The number of carbonyl (C=O) groups is 20. The van der Waals surface area contributed by atoms with Crippen molar-refractivity contribution in [1.29, 1.82) is 0 Å². The van der Waals surface area contributed by atoms with Crippen molar-refractivity contribution in [2.75, 3.05) is 91.5 Å². The van der Waals surface area contributed by atoms with Gasteiger partial charge in [-0.25, -0.2) is 38.4 Å². The number of nitrogens with one attached hydrogen (secondary N) is 12. The van der Waals surface area contributed by atoms with Gasteiger partial charge in [-0.2, -0.15) is 23.5 Å². The van der Waals surface area contributed by atoms with Gasteiger partial charge < -0.3 is 197 Å². The van der Waals surface area contributed by atoms with Crippen molar-refractivity contribution < 1.29 is 229 Å². The molecular weight excluding hydrogens is 1910 g/mol. The van der Waals surface area contributed by atoms with Crippen molar-refractivity contribution in [2.45, 2.75) is 241 Å². The molecule has 0 saturated carbocycles. The fraction of sp³-hybridized carbons (Fsp3) is 0.744. The molecule has 0 aromatic rings. The predicted octanol–water partition coefficient (Wildman–Crippen LogP) is -15.0. The lowest BCUT2D eigenvalue weighted by atomic mass is 10.00. The van der Waals surface area contributed by atoms with Crippen LogP contribution in [0.4, 0.5) is 0 Å². The Balaban J connectivity index is -0.000000381. The van der Waals surface area contributed by atoms with Crippen LogP contribution in [-0.4, -0.2) is 465 Å². The number of amides is 12. The van der Waals surface area contributed by atoms with E-state index in [1.807, 2.05) is 0 Å². The van der Waals surface area contributed by atoms with Gasteiger partial charge in [-0.1, -0.05) is 41.5 Å². The van der Waals surface area contributed by atoms with E-state index in [2.05, 4.69) is 63.8 Å². The zero-order valence-electron chi connectivity index (χ0n) is 77.8. The number of thioether (sulfide) groups is 2. The Hall–Kier alpha value is -10.6. The highest BCUT2D eigenvalue weighted by atomic mass is 32.2. The molecule has 0 bridgehead atoms. The summed E-state index contributed by atoms with van der Waals surface area (Å²) in [5.74, 6) is -21.3. The minimum Gasteiger partial charge on any atom is -0.480 e. The molecule has 0 radical (unpaired) electrons. The van der Waals surface area contributed by atoms with E-state index >= 15 is 0 Å². The maximum atomic E-state index is 12.2. The zero-order valence-corrected chi connectivity index (χ0v) is 79.4. The first kappa shape index (κ1) is 138. The first-order valence-corrected chi connectivity index (χ1v) is 45.0. The van der Waals surface area contributed by atoms with Gasteiger partial charge in [-0.3, -0.25) is 57.5 Å². The Morgan fingerprint density at radius 1 is 0.225 bits per heavy atom. The van der Waals surface area contributed by atoms with E-state index < -0.39 is 285 Å². The summed E-state index contributed by atoms with van der Waals surface area (Å²) in [7, 11) is 5.81. The molecule has 26 atom stereocenters. The van der Waals surface area contributed by atoms with Crippen LogP contribution in [0.15, 0.2) is 0 Å². The van der Waals surface area contributed by atoms with Crippen LogP contribution in [0.5, 0.6) is 0 Å². The number of hydrogen-bond donors (Lipinski definition) is 38. The molecule has 0 aliphatic rings. The maximum Gasteiger partial charge on any atom is 0.335 e. The summed E-state index contributed by atoms with van der Waals surface area (Å²) in [5, 5.41) is 266. The predicted molar refractivity (Wildman–Crippen MR) is 475 cm³/mol. The number of hydrogen-bond acceptors (Lipinski definition) is 40. The van der Waals surface area contributed by atoms with E-state index in [0.717, 1.165) is 0 Å². The number of rotatable bonds is 62. The van der Waals surface area contributed by atoms with Gasteiger partial charge in [0.15, 0.2) is 36.6 Å². The van der Waals surface area contributed by atoms with Crippen LogP contribution >= 0.6 is 23.5 Å².